The SMILES string of the molecule is CCCC1CC(N)(CC)CCC(=O)O1. The Labute approximate surface area is 86.0 Å². The molecule has 2 atom stereocenters. The van der Waals surface area contributed by atoms with Crippen LogP contribution < -0.4 is 5.73 Å². The van der Waals surface area contributed by atoms with E-state index in [9.17, 15) is 4.79 Å². The van der Waals surface area contributed by atoms with Crippen molar-refractivity contribution in [1.29, 1.82) is 0 Å². The van der Waals surface area contributed by atoms with Crippen molar-refractivity contribution in [2.24, 2.45) is 5.73 Å². The molecule has 1 aliphatic heterocycles. The first-order valence-corrected chi connectivity index (χ1v) is 5.58. The maximum Gasteiger partial charge on any atom is 0.306 e. The largest absolute Gasteiger partial charge is 0.462 e. The van der Waals surface area contributed by atoms with E-state index in [0.29, 0.717) is 6.42 Å². The van der Waals surface area contributed by atoms with Crippen LogP contribution in [0.25, 0.3) is 0 Å². The summed E-state index contributed by atoms with van der Waals surface area (Å²) in [6.45, 7) is 4.18. The standard InChI is InChI=1S/C11H21NO2/c1-3-5-9-8-11(12,4-2)7-6-10(13)14-9/h9H,3-8,12H2,1-2H3. The lowest BCUT2D eigenvalue weighted by Gasteiger charge is -2.28. The van der Waals surface area contributed by atoms with E-state index < -0.39 is 0 Å². The topological polar surface area (TPSA) is 52.3 Å². The van der Waals surface area contributed by atoms with Crippen LogP contribution in [-0.4, -0.2) is 17.6 Å². The van der Waals surface area contributed by atoms with Crippen molar-refractivity contribution in [3.05, 3.63) is 0 Å². The number of hydrogen-bond donors (Lipinski definition) is 1. The van der Waals surface area contributed by atoms with Gasteiger partial charge in [0.25, 0.3) is 0 Å². The molecule has 0 aromatic heterocycles. The fourth-order valence-corrected chi connectivity index (χ4v) is 2.00. The van der Waals surface area contributed by atoms with Crippen LogP contribution in [0.1, 0.15) is 52.4 Å². The van der Waals surface area contributed by atoms with Crippen LogP contribution in [0, 0.1) is 0 Å². The molecule has 1 heterocycles. The summed E-state index contributed by atoms with van der Waals surface area (Å²) in [5.74, 6) is -0.0794. The predicted molar refractivity (Wildman–Crippen MR) is 55.8 cm³/mol. The van der Waals surface area contributed by atoms with Gasteiger partial charge < -0.3 is 10.5 Å². The van der Waals surface area contributed by atoms with E-state index in [4.69, 9.17) is 10.5 Å². The van der Waals surface area contributed by atoms with E-state index in [1.165, 1.54) is 0 Å². The fraction of sp³-hybridized carbons (Fsp3) is 0.909. The Morgan fingerprint density at radius 2 is 2.29 bits per heavy atom. The first kappa shape index (κ1) is 11.5. The number of rotatable bonds is 3. The average Bonchev–Trinajstić information content (AvgIpc) is 2.28. The second-order valence-electron chi connectivity index (χ2n) is 4.32. The highest BCUT2D eigenvalue weighted by atomic mass is 16.5. The summed E-state index contributed by atoms with van der Waals surface area (Å²) in [6.07, 6.45) is 5.00. The van der Waals surface area contributed by atoms with Gasteiger partial charge in [-0.25, -0.2) is 0 Å². The molecule has 2 N–H and O–H groups in total. The lowest BCUT2D eigenvalue weighted by atomic mass is 9.86. The Bertz CT molecular complexity index is 205. The highest BCUT2D eigenvalue weighted by Crippen LogP contribution is 2.27. The van der Waals surface area contributed by atoms with Crippen molar-refractivity contribution >= 4 is 5.97 Å². The zero-order valence-electron chi connectivity index (χ0n) is 9.21. The van der Waals surface area contributed by atoms with E-state index >= 15 is 0 Å². The van der Waals surface area contributed by atoms with Gasteiger partial charge in [-0.05, 0) is 19.3 Å². The van der Waals surface area contributed by atoms with E-state index in [-0.39, 0.29) is 17.6 Å². The van der Waals surface area contributed by atoms with E-state index in [2.05, 4.69) is 13.8 Å². The third kappa shape index (κ3) is 2.98. The number of hydrogen-bond acceptors (Lipinski definition) is 3. The summed E-state index contributed by atoms with van der Waals surface area (Å²) in [6, 6.07) is 0. The average molecular weight is 199 g/mol. The summed E-state index contributed by atoms with van der Waals surface area (Å²) < 4.78 is 5.33. The molecule has 0 bridgehead atoms. The molecule has 0 aromatic rings. The first-order chi connectivity index (χ1) is 6.59. The third-order valence-corrected chi connectivity index (χ3v) is 3.07. The van der Waals surface area contributed by atoms with Crippen molar-refractivity contribution in [1.82, 2.24) is 0 Å². The molecule has 2 unspecified atom stereocenters. The maximum atomic E-state index is 11.3. The molecule has 0 aromatic carbocycles. The number of nitrogens with two attached hydrogens (primary N) is 1. The van der Waals surface area contributed by atoms with Gasteiger partial charge in [-0.15, -0.1) is 0 Å². The van der Waals surface area contributed by atoms with Gasteiger partial charge in [0, 0.05) is 18.4 Å². The molecule has 3 nitrogen and oxygen atoms in total. The lowest BCUT2D eigenvalue weighted by Crippen LogP contribution is -2.41. The fourth-order valence-electron chi connectivity index (χ4n) is 2.00. The van der Waals surface area contributed by atoms with Gasteiger partial charge >= 0.3 is 5.97 Å². The van der Waals surface area contributed by atoms with Gasteiger partial charge in [0.2, 0.25) is 0 Å². The molecule has 0 amide bonds. The van der Waals surface area contributed by atoms with Crippen LogP contribution in [0.3, 0.4) is 0 Å². The summed E-state index contributed by atoms with van der Waals surface area (Å²) in [5.41, 5.74) is 6.02. The van der Waals surface area contributed by atoms with E-state index in [0.717, 1.165) is 32.1 Å². The Morgan fingerprint density at radius 1 is 1.57 bits per heavy atom. The second-order valence-corrected chi connectivity index (χ2v) is 4.32. The third-order valence-electron chi connectivity index (χ3n) is 3.07. The Hall–Kier alpha value is -0.570. The number of ether oxygens (including phenoxy) is 1. The molecule has 0 radical (unpaired) electrons. The quantitative estimate of drug-likeness (QED) is 0.707. The van der Waals surface area contributed by atoms with Crippen molar-refractivity contribution in [3.8, 4) is 0 Å². The molecular weight excluding hydrogens is 178 g/mol. The van der Waals surface area contributed by atoms with Gasteiger partial charge in [-0.1, -0.05) is 20.3 Å². The molecule has 0 spiro atoms. The number of carbonyl (C=O) groups excluding carboxylic acids is 1. The van der Waals surface area contributed by atoms with Gasteiger partial charge in [0.1, 0.15) is 6.10 Å². The molecule has 0 saturated carbocycles. The van der Waals surface area contributed by atoms with Crippen LogP contribution in [0.4, 0.5) is 0 Å². The smallest absolute Gasteiger partial charge is 0.306 e. The Kier molecular flexibility index (Phi) is 3.93. The summed E-state index contributed by atoms with van der Waals surface area (Å²) >= 11 is 0. The van der Waals surface area contributed by atoms with Gasteiger partial charge in [0.15, 0.2) is 0 Å². The van der Waals surface area contributed by atoms with Crippen LogP contribution in [-0.2, 0) is 9.53 Å². The van der Waals surface area contributed by atoms with Crippen molar-refractivity contribution in [2.75, 3.05) is 0 Å². The van der Waals surface area contributed by atoms with Gasteiger partial charge in [-0.3, -0.25) is 4.79 Å². The van der Waals surface area contributed by atoms with Crippen molar-refractivity contribution in [3.63, 3.8) is 0 Å². The zero-order valence-corrected chi connectivity index (χ0v) is 9.21. The summed E-state index contributed by atoms with van der Waals surface area (Å²) in [5, 5.41) is 0. The van der Waals surface area contributed by atoms with E-state index in [1.54, 1.807) is 0 Å². The molecule has 1 aliphatic rings. The second kappa shape index (κ2) is 4.78. The molecule has 3 heteroatoms. The maximum absolute atomic E-state index is 11.3. The summed E-state index contributed by atoms with van der Waals surface area (Å²) in [7, 11) is 0. The van der Waals surface area contributed by atoms with Crippen LogP contribution in [0.2, 0.25) is 0 Å². The van der Waals surface area contributed by atoms with Gasteiger partial charge in [0.05, 0.1) is 0 Å². The van der Waals surface area contributed by atoms with Crippen LogP contribution in [0.5, 0.6) is 0 Å². The predicted octanol–water partition coefficient (Wildman–Crippen LogP) is 1.99. The molecule has 1 saturated heterocycles. The highest BCUT2D eigenvalue weighted by molar-refractivity contribution is 5.70. The minimum atomic E-state index is -0.188. The summed E-state index contributed by atoms with van der Waals surface area (Å²) in [4.78, 5) is 11.3. The molecular formula is C11H21NO2. The Morgan fingerprint density at radius 3 is 2.86 bits per heavy atom. The molecule has 1 fully saturated rings. The monoisotopic (exact) mass is 199 g/mol. The molecule has 82 valence electrons. The Balaban J connectivity index is 2.63. The van der Waals surface area contributed by atoms with Crippen LogP contribution in [0.15, 0.2) is 0 Å². The molecule has 14 heavy (non-hydrogen) atoms. The van der Waals surface area contributed by atoms with Gasteiger partial charge in [-0.2, -0.15) is 0 Å². The molecule has 0 aliphatic carbocycles. The van der Waals surface area contributed by atoms with E-state index in [1.807, 2.05) is 0 Å². The lowest BCUT2D eigenvalue weighted by molar-refractivity contribution is -0.148. The minimum Gasteiger partial charge on any atom is -0.462 e. The molecule has 1 rings (SSSR count). The first-order valence-electron chi connectivity index (χ1n) is 5.58. The zero-order chi connectivity index (χ0) is 10.6. The minimum absolute atomic E-state index is 0.0416. The number of cyclic esters (lactones) is 1. The highest BCUT2D eigenvalue weighted by Gasteiger charge is 2.32. The number of esters is 1. The van der Waals surface area contributed by atoms with Crippen molar-refractivity contribution in [2.45, 2.75) is 64.0 Å². The number of carbonyl (C=O) groups is 1. The van der Waals surface area contributed by atoms with Crippen LogP contribution >= 0.6 is 0 Å². The van der Waals surface area contributed by atoms with Crippen molar-refractivity contribution < 1.29 is 9.53 Å². The normalized spacial score (nSPS) is 33.6.